The van der Waals surface area contributed by atoms with Gasteiger partial charge in [0.1, 0.15) is 18.2 Å². The van der Waals surface area contributed by atoms with Gasteiger partial charge in [0.2, 0.25) is 5.91 Å². The molecule has 3 N–H and O–H groups in total. The van der Waals surface area contributed by atoms with E-state index in [1.165, 1.54) is 28.7 Å². The fourth-order valence-corrected chi connectivity index (χ4v) is 6.68. The van der Waals surface area contributed by atoms with Gasteiger partial charge in [0, 0.05) is 12.5 Å². The Labute approximate surface area is 247 Å². The lowest BCUT2D eigenvalue weighted by Gasteiger charge is -2.35. The van der Waals surface area contributed by atoms with Crippen LogP contribution in [0.15, 0.2) is 11.0 Å². The second-order valence-electron chi connectivity index (χ2n) is 12.9. The number of nitrogens with one attached hydrogen (secondary N) is 1. The Morgan fingerprint density at radius 2 is 1.79 bits per heavy atom. The minimum absolute atomic E-state index is 0.0919. The highest BCUT2D eigenvalue weighted by atomic mass is 16.6. The molecule has 1 aromatic rings. The minimum Gasteiger partial charge on any atom is -0.459 e. The lowest BCUT2D eigenvalue weighted by atomic mass is 9.85. The Hall–Kier alpha value is -3.44. The summed E-state index contributed by atoms with van der Waals surface area (Å²) < 4.78 is 13.7. The Morgan fingerprint density at radius 1 is 1.05 bits per heavy atom. The number of amides is 2. The fraction of sp³-hybridized carbons (Fsp3) is 0.733. The molecule has 2 amide bonds. The van der Waals surface area contributed by atoms with E-state index in [2.05, 4.69) is 15.3 Å². The van der Waals surface area contributed by atoms with Crippen LogP contribution < -0.4 is 21.5 Å². The topological polar surface area (TPSA) is 159 Å². The van der Waals surface area contributed by atoms with E-state index in [-0.39, 0.29) is 48.0 Å². The standard InChI is InChI=1S/C30H46N6O6/c1-6-20-22-17-36(24(20)18(2)37)26(38)25(30(3,4)5)34-29(40)42-21-13-10-12-19(21)11-8-7-9-16-35-27(39)32-23(14-15-31)33-28(35)41-22/h14-15,19-22,24-25H,6-13,16-17,31H2,1-5H3,(H,34,40)/t19-,20-,21-,22+,24-,25-/m1/s1. The fourth-order valence-electron chi connectivity index (χ4n) is 6.68. The third-order valence-corrected chi connectivity index (χ3v) is 8.83. The number of nitrogens with zero attached hydrogens (tertiary/aromatic N) is 4. The molecule has 0 radical (unpaired) electrons. The van der Waals surface area contributed by atoms with Gasteiger partial charge >= 0.3 is 17.8 Å². The Bertz CT molecular complexity index is 1240. The lowest BCUT2D eigenvalue weighted by Crippen LogP contribution is -2.57. The average molecular weight is 587 g/mol. The third-order valence-electron chi connectivity index (χ3n) is 8.83. The van der Waals surface area contributed by atoms with Crippen molar-refractivity contribution >= 4 is 23.9 Å². The largest absolute Gasteiger partial charge is 0.459 e. The molecular formula is C30H46N6O6. The molecule has 12 heteroatoms. The molecule has 1 aromatic heterocycles. The number of aromatic nitrogens is 3. The van der Waals surface area contributed by atoms with Crippen molar-refractivity contribution < 1.29 is 23.9 Å². The van der Waals surface area contributed by atoms with E-state index in [0.717, 1.165) is 38.5 Å². The molecule has 12 nitrogen and oxygen atoms in total. The van der Waals surface area contributed by atoms with E-state index >= 15 is 0 Å². The second kappa shape index (κ2) is 13.2. The van der Waals surface area contributed by atoms with E-state index in [1.807, 2.05) is 27.7 Å². The molecule has 0 spiro atoms. The van der Waals surface area contributed by atoms with Crippen molar-refractivity contribution in [2.75, 3.05) is 6.54 Å². The van der Waals surface area contributed by atoms with Crippen molar-refractivity contribution in [3.8, 4) is 6.01 Å². The Balaban J connectivity index is 1.75. The van der Waals surface area contributed by atoms with Crippen LogP contribution in [0.1, 0.15) is 91.8 Å². The number of alkyl carbamates (subject to hydrolysis) is 1. The van der Waals surface area contributed by atoms with Crippen molar-refractivity contribution in [1.82, 2.24) is 24.8 Å². The zero-order chi connectivity index (χ0) is 30.6. The number of carbonyl (C=O) groups excluding carboxylic acids is 3. The summed E-state index contributed by atoms with van der Waals surface area (Å²) in [7, 11) is 0. The molecule has 0 unspecified atom stereocenters. The first-order valence-electron chi connectivity index (χ1n) is 15.3. The number of Topliss-reactive ketones (excluding diaryl/α,β-unsaturated/α-hetero) is 1. The first-order valence-corrected chi connectivity index (χ1v) is 15.3. The number of nitrogens with two attached hydrogens (primary N) is 1. The van der Waals surface area contributed by atoms with Gasteiger partial charge in [0.25, 0.3) is 0 Å². The van der Waals surface area contributed by atoms with Crippen LogP contribution in [-0.4, -0.2) is 68.1 Å². The lowest BCUT2D eigenvalue weighted by molar-refractivity contribution is -0.141. The maximum Gasteiger partial charge on any atom is 0.408 e. The predicted octanol–water partition coefficient (Wildman–Crippen LogP) is 3.02. The van der Waals surface area contributed by atoms with Gasteiger partial charge in [0.05, 0.1) is 12.6 Å². The summed E-state index contributed by atoms with van der Waals surface area (Å²) in [6.07, 6.45) is 7.96. The predicted molar refractivity (Wildman–Crippen MR) is 156 cm³/mol. The highest BCUT2D eigenvalue weighted by Crippen LogP contribution is 2.35. The summed E-state index contributed by atoms with van der Waals surface area (Å²) in [5.74, 6) is -0.534. The van der Waals surface area contributed by atoms with Gasteiger partial charge in [-0.25, -0.2) is 14.2 Å². The zero-order valence-corrected chi connectivity index (χ0v) is 25.5. The Morgan fingerprint density at radius 3 is 2.45 bits per heavy atom. The SMILES string of the molecule is CC[C@@H]1[C@@H]2CN(C(=O)[C@H](C(C)(C)C)NC(=O)O[C@@H]3CCC[C@H]3CCCCCn3c(nc(C=CN)nc3=O)O2)[C@@H]1C(C)=O. The number of carbonyl (C=O) groups is 3. The van der Waals surface area contributed by atoms with Crippen molar-refractivity contribution in [3.05, 3.63) is 22.5 Å². The summed E-state index contributed by atoms with van der Waals surface area (Å²) >= 11 is 0. The highest BCUT2D eigenvalue weighted by molar-refractivity contribution is 5.92. The van der Waals surface area contributed by atoms with Gasteiger partial charge in [-0.2, -0.15) is 9.97 Å². The highest BCUT2D eigenvalue weighted by Gasteiger charge is 2.50. The van der Waals surface area contributed by atoms with Gasteiger partial charge in [-0.15, -0.1) is 0 Å². The van der Waals surface area contributed by atoms with Gasteiger partial charge in [0.15, 0.2) is 11.6 Å². The number of hydrogen-bond donors (Lipinski definition) is 2. The summed E-state index contributed by atoms with van der Waals surface area (Å²) in [6, 6.07) is -1.60. The molecule has 2 bridgehead atoms. The third kappa shape index (κ3) is 6.95. The molecule has 6 atom stereocenters. The second-order valence-corrected chi connectivity index (χ2v) is 12.9. The smallest absolute Gasteiger partial charge is 0.408 e. The molecule has 1 aliphatic carbocycles. The molecule has 3 heterocycles. The number of fused-ring (bicyclic) bond motifs is 4. The van der Waals surface area contributed by atoms with Crippen LogP contribution in [0.2, 0.25) is 0 Å². The van der Waals surface area contributed by atoms with Crippen molar-refractivity contribution in [1.29, 1.82) is 0 Å². The molecule has 2 fully saturated rings. The number of ether oxygens (including phenoxy) is 2. The van der Waals surface area contributed by atoms with Crippen LogP contribution in [0, 0.1) is 17.3 Å². The van der Waals surface area contributed by atoms with E-state index < -0.39 is 35.4 Å². The van der Waals surface area contributed by atoms with Crippen molar-refractivity contribution in [3.63, 3.8) is 0 Å². The van der Waals surface area contributed by atoms with E-state index in [4.69, 9.17) is 15.2 Å². The molecule has 1 saturated carbocycles. The molecule has 1 saturated heterocycles. The summed E-state index contributed by atoms with van der Waals surface area (Å²) in [4.78, 5) is 63.5. The number of hydrogen-bond acceptors (Lipinski definition) is 9. The van der Waals surface area contributed by atoms with Crippen LogP contribution in [0.4, 0.5) is 4.79 Å². The quantitative estimate of drug-likeness (QED) is 0.543. The normalized spacial score (nSPS) is 29.6. The minimum atomic E-state index is -0.930. The first-order chi connectivity index (χ1) is 19.9. The first kappa shape index (κ1) is 31.5. The molecular weight excluding hydrogens is 540 g/mol. The van der Waals surface area contributed by atoms with Crippen LogP contribution in [0.5, 0.6) is 6.01 Å². The monoisotopic (exact) mass is 586 g/mol. The summed E-state index contributed by atoms with van der Waals surface area (Å²) in [6.45, 7) is 9.47. The van der Waals surface area contributed by atoms with Crippen LogP contribution >= 0.6 is 0 Å². The van der Waals surface area contributed by atoms with Crippen molar-refractivity contribution in [2.45, 2.75) is 117 Å². The van der Waals surface area contributed by atoms with Crippen molar-refractivity contribution in [2.24, 2.45) is 23.0 Å². The average Bonchev–Trinajstić information content (AvgIpc) is 3.51. The summed E-state index contributed by atoms with van der Waals surface area (Å²) in [5, 5.41) is 2.85. The van der Waals surface area contributed by atoms with Gasteiger partial charge < -0.3 is 25.4 Å². The maximum absolute atomic E-state index is 14.2. The van der Waals surface area contributed by atoms with Crippen LogP contribution in [0.25, 0.3) is 6.08 Å². The zero-order valence-electron chi connectivity index (χ0n) is 25.5. The number of rotatable bonds is 3. The molecule has 2 aliphatic heterocycles. The molecule has 0 aromatic carbocycles. The van der Waals surface area contributed by atoms with E-state index in [0.29, 0.717) is 19.4 Å². The molecule has 232 valence electrons. The maximum atomic E-state index is 14.2. The molecule has 42 heavy (non-hydrogen) atoms. The van der Waals surface area contributed by atoms with E-state index in [1.54, 1.807) is 0 Å². The van der Waals surface area contributed by atoms with Gasteiger partial charge in [-0.1, -0.05) is 40.5 Å². The van der Waals surface area contributed by atoms with Crippen LogP contribution in [0.3, 0.4) is 0 Å². The number of ketones is 1. The summed E-state index contributed by atoms with van der Waals surface area (Å²) in [5.41, 5.74) is 4.39. The molecule has 3 aliphatic rings. The van der Waals surface area contributed by atoms with E-state index in [9.17, 15) is 19.2 Å². The Kier molecular flexibility index (Phi) is 9.93. The van der Waals surface area contributed by atoms with Crippen LogP contribution in [-0.2, 0) is 20.9 Å². The van der Waals surface area contributed by atoms with Gasteiger partial charge in [-0.3, -0.25) is 9.59 Å². The molecule has 4 rings (SSSR count). The van der Waals surface area contributed by atoms with Gasteiger partial charge in [-0.05, 0) is 69.1 Å².